The molecule has 0 unspecified atom stereocenters. The number of fused-ring (bicyclic) bond motifs is 1. The summed E-state index contributed by atoms with van der Waals surface area (Å²) in [5.41, 5.74) is 5.41. The molecule has 4 rings (SSSR count). The van der Waals surface area contributed by atoms with Crippen molar-refractivity contribution in [1.82, 2.24) is 15.2 Å². The smallest absolute Gasteiger partial charge is 0.226 e. The first-order chi connectivity index (χ1) is 12.7. The van der Waals surface area contributed by atoms with Crippen LogP contribution >= 0.6 is 11.3 Å². The summed E-state index contributed by atoms with van der Waals surface area (Å²) < 4.78 is 13.3. The minimum atomic E-state index is -0.275. The zero-order chi connectivity index (χ0) is 17.9. The molecule has 26 heavy (non-hydrogen) atoms. The second kappa shape index (κ2) is 7.05. The number of para-hydroxylation sites is 1. The summed E-state index contributed by atoms with van der Waals surface area (Å²) in [5, 5.41) is 11.8. The summed E-state index contributed by atoms with van der Waals surface area (Å²) in [7, 11) is 0. The van der Waals surface area contributed by atoms with Crippen LogP contribution in [0.2, 0.25) is 0 Å². The Balaban J connectivity index is 1.63. The molecule has 2 aromatic heterocycles. The van der Waals surface area contributed by atoms with Gasteiger partial charge in [0, 0.05) is 23.0 Å². The van der Waals surface area contributed by atoms with Crippen LogP contribution in [0.15, 0.2) is 54.0 Å². The Morgan fingerprint density at radius 1 is 1.15 bits per heavy atom. The Kier molecular flexibility index (Phi) is 4.45. The van der Waals surface area contributed by atoms with Crippen molar-refractivity contribution >= 4 is 33.3 Å². The van der Waals surface area contributed by atoms with E-state index in [9.17, 15) is 9.18 Å². The first kappa shape index (κ1) is 16.4. The molecule has 0 fully saturated rings. The average molecular weight is 366 g/mol. The number of amides is 1. The number of benzene rings is 2. The number of aromatic nitrogens is 3. The minimum absolute atomic E-state index is 0.114. The van der Waals surface area contributed by atoms with Crippen molar-refractivity contribution in [3.8, 4) is 11.3 Å². The van der Waals surface area contributed by atoms with Crippen molar-refractivity contribution in [1.29, 1.82) is 0 Å². The number of halogens is 1. The fraction of sp³-hybridized carbons (Fsp3) is 0.105. The molecular weight excluding hydrogens is 351 g/mol. The van der Waals surface area contributed by atoms with Crippen molar-refractivity contribution in [2.75, 3.05) is 5.32 Å². The van der Waals surface area contributed by atoms with Crippen LogP contribution in [0.3, 0.4) is 0 Å². The highest BCUT2D eigenvalue weighted by Crippen LogP contribution is 2.31. The first-order valence-electron chi connectivity index (χ1n) is 8.12. The average Bonchev–Trinajstić information content (AvgIpc) is 3.28. The third-order valence-electron chi connectivity index (χ3n) is 4.15. The van der Waals surface area contributed by atoms with Crippen molar-refractivity contribution < 1.29 is 9.18 Å². The van der Waals surface area contributed by atoms with E-state index in [0.717, 1.165) is 27.7 Å². The maximum atomic E-state index is 13.3. The lowest BCUT2D eigenvalue weighted by Gasteiger charge is -2.06. The molecule has 7 heteroatoms. The molecule has 2 heterocycles. The standard InChI is InChI=1S/C19H15FN4OS/c20-13-7-5-12(6-8-13)18-15(14-3-1-2-4-16(14)22-18)9-10-17(25)23-19-24-21-11-26-19/h1-8,11,22H,9-10H2,(H,23,24,25). The number of hydrogen-bond acceptors (Lipinski definition) is 4. The Bertz CT molecular complexity index is 1040. The molecule has 0 radical (unpaired) electrons. The maximum absolute atomic E-state index is 13.3. The number of nitrogens with one attached hydrogen (secondary N) is 2. The molecule has 0 bridgehead atoms. The summed E-state index contributed by atoms with van der Waals surface area (Å²) >= 11 is 1.28. The number of rotatable bonds is 5. The van der Waals surface area contributed by atoms with Crippen molar-refractivity contribution in [3.63, 3.8) is 0 Å². The van der Waals surface area contributed by atoms with E-state index in [4.69, 9.17) is 0 Å². The van der Waals surface area contributed by atoms with E-state index in [1.807, 2.05) is 24.3 Å². The summed E-state index contributed by atoms with van der Waals surface area (Å²) in [6, 6.07) is 14.3. The van der Waals surface area contributed by atoms with Gasteiger partial charge in [-0.05, 0) is 47.9 Å². The van der Waals surface area contributed by atoms with E-state index < -0.39 is 0 Å². The van der Waals surface area contributed by atoms with Crippen molar-refractivity contribution in [3.05, 3.63) is 65.4 Å². The fourth-order valence-electron chi connectivity index (χ4n) is 2.97. The first-order valence-corrected chi connectivity index (χ1v) is 9.00. The van der Waals surface area contributed by atoms with Crippen LogP contribution in [-0.4, -0.2) is 21.1 Å². The number of aromatic amines is 1. The number of nitrogens with zero attached hydrogens (tertiary/aromatic N) is 2. The fourth-order valence-corrected chi connectivity index (χ4v) is 3.43. The predicted octanol–water partition coefficient (Wildman–Crippen LogP) is 4.40. The second-order valence-electron chi connectivity index (χ2n) is 5.82. The summed E-state index contributed by atoms with van der Waals surface area (Å²) in [6.07, 6.45) is 0.872. The second-order valence-corrected chi connectivity index (χ2v) is 6.66. The molecule has 0 aliphatic carbocycles. The number of carbonyl (C=O) groups is 1. The largest absolute Gasteiger partial charge is 0.354 e. The Morgan fingerprint density at radius 3 is 2.73 bits per heavy atom. The molecule has 0 aliphatic rings. The highest BCUT2D eigenvalue weighted by molar-refractivity contribution is 7.13. The van der Waals surface area contributed by atoms with Gasteiger partial charge in [-0.3, -0.25) is 4.79 Å². The van der Waals surface area contributed by atoms with E-state index in [1.54, 1.807) is 17.6 Å². The number of anilines is 1. The molecule has 0 aliphatic heterocycles. The van der Waals surface area contributed by atoms with Gasteiger partial charge in [0.25, 0.3) is 0 Å². The molecule has 4 aromatic rings. The summed E-state index contributed by atoms with van der Waals surface area (Å²) in [6.45, 7) is 0. The topological polar surface area (TPSA) is 70.7 Å². The molecule has 0 saturated heterocycles. The SMILES string of the molecule is O=C(CCc1c(-c2ccc(F)cc2)[nH]c2ccccc12)Nc1nncs1. The van der Waals surface area contributed by atoms with E-state index >= 15 is 0 Å². The molecule has 0 saturated carbocycles. The van der Waals surface area contributed by atoms with Gasteiger partial charge in [-0.15, -0.1) is 10.2 Å². The quantitative estimate of drug-likeness (QED) is 0.550. The Labute approximate surface area is 152 Å². The normalized spacial score (nSPS) is 11.0. The van der Waals surface area contributed by atoms with Gasteiger partial charge in [0.1, 0.15) is 11.3 Å². The van der Waals surface area contributed by atoms with Gasteiger partial charge in [-0.2, -0.15) is 0 Å². The molecule has 0 atom stereocenters. The van der Waals surface area contributed by atoms with Gasteiger partial charge >= 0.3 is 0 Å². The van der Waals surface area contributed by atoms with Crippen molar-refractivity contribution in [2.24, 2.45) is 0 Å². The lowest BCUT2D eigenvalue weighted by atomic mass is 10.0. The number of carbonyl (C=O) groups excluding carboxylic acids is 1. The third kappa shape index (κ3) is 3.34. The van der Waals surface area contributed by atoms with Gasteiger partial charge in [0.2, 0.25) is 11.0 Å². The predicted molar refractivity (Wildman–Crippen MR) is 101 cm³/mol. The van der Waals surface area contributed by atoms with Crippen LogP contribution in [0, 0.1) is 5.82 Å². The van der Waals surface area contributed by atoms with Gasteiger partial charge in [-0.1, -0.05) is 29.5 Å². The monoisotopic (exact) mass is 366 g/mol. The molecular formula is C19H15FN4OS. The highest BCUT2D eigenvalue weighted by Gasteiger charge is 2.15. The lowest BCUT2D eigenvalue weighted by molar-refractivity contribution is -0.116. The van der Waals surface area contributed by atoms with E-state index in [0.29, 0.717) is 18.0 Å². The zero-order valence-corrected chi connectivity index (χ0v) is 14.5. The van der Waals surface area contributed by atoms with E-state index in [-0.39, 0.29) is 11.7 Å². The van der Waals surface area contributed by atoms with Gasteiger partial charge in [0.05, 0.1) is 0 Å². The van der Waals surface area contributed by atoms with Crippen LogP contribution in [0.25, 0.3) is 22.2 Å². The number of H-pyrrole nitrogens is 1. The van der Waals surface area contributed by atoms with E-state index in [1.165, 1.54) is 23.5 Å². The minimum Gasteiger partial charge on any atom is -0.354 e. The third-order valence-corrected chi connectivity index (χ3v) is 4.76. The highest BCUT2D eigenvalue weighted by atomic mass is 32.1. The number of aryl methyl sites for hydroxylation is 1. The van der Waals surface area contributed by atoms with E-state index in [2.05, 4.69) is 20.5 Å². The van der Waals surface area contributed by atoms with Gasteiger partial charge in [0.15, 0.2) is 0 Å². The molecule has 2 N–H and O–H groups in total. The Hall–Kier alpha value is -3.06. The Morgan fingerprint density at radius 2 is 1.96 bits per heavy atom. The summed E-state index contributed by atoms with van der Waals surface area (Å²) in [5.74, 6) is -0.389. The molecule has 130 valence electrons. The van der Waals surface area contributed by atoms with Crippen LogP contribution < -0.4 is 5.32 Å². The van der Waals surface area contributed by atoms with Crippen LogP contribution in [0.4, 0.5) is 9.52 Å². The summed E-state index contributed by atoms with van der Waals surface area (Å²) in [4.78, 5) is 15.6. The van der Waals surface area contributed by atoms with Crippen LogP contribution in [0.5, 0.6) is 0 Å². The zero-order valence-electron chi connectivity index (χ0n) is 13.7. The molecule has 2 aromatic carbocycles. The van der Waals surface area contributed by atoms with Gasteiger partial charge in [-0.25, -0.2) is 4.39 Å². The van der Waals surface area contributed by atoms with Crippen LogP contribution in [0.1, 0.15) is 12.0 Å². The van der Waals surface area contributed by atoms with Crippen LogP contribution in [-0.2, 0) is 11.2 Å². The number of hydrogen-bond donors (Lipinski definition) is 2. The molecule has 0 spiro atoms. The maximum Gasteiger partial charge on any atom is 0.226 e. The lowest BCUT2D eigenvalue weighted by Crippen LogP contribution is -2.12. The molecule has 1 amide bonds. The van der Waals surface area contributed by atoms with Gasteiger partial charge < -0.3 is 10.3 Å². The molecule has 5 nitrogen and oxygen atoms in total. The van der Waals surface area contributed by atoms with Crippen molar-refractivity contribution in [2.45, 2.75) is 12.8 Å².